The fourth-order valence-electron chi connectivity index (χ4n) is 3.38. The van der Waals surface area contributed by atoms with Crippen molar-refractivity contribution in [1.82, 2.24) is 5.32 Å². The largest absolute Gasteiger partial charge is 0.370 e. The Morgan fingerprint density at radius 2 is 1.90 bits per heavy atom. The summed E-state index contributed by atoms with van der Waals surface area (Å²) in [6.45, 7) is -0.126. The van der Waals surface area contributed by atoms with Crippen LogP contribution in [-0.4, -0.2) is 36.8 Å². The Labute approximate surface area is 173 Å². The van der Waals surface area contributed by atoms with E-state index in [-0.39, 0.29) is 12.5 Å². The van der Waals surface area contributed by atoms with Crippen LogP contribution >= 0.6 is 0 Å². The molecular weight excluding hydrogens is 404 g/mol. The van der Waals surface area contributed by atoms with Crippen molar-refractivity contribution in [3.05, 3.63) is 29.8 Å². The van der Waals surface area contributed by atoms with Gasteiger partial charge in [-0.3, -0.25) is 9.59 Å². The molecule has 1 saturated carbocycles. The highest BCUT2D eigenvalue weighted by Gasteiger charge is 2.40. The first kappa shape index (κ1) is 24.1. The van der Waals surface area contributed by atoms with Crippen molar-refractivity contribution in [1.29, 1.82) is 0 Å². The van der Waals surface area contributed by atoms with Gasteiger partial charge in [0, 0.05) is 12.1 Å². The van der Waals surface area contributed by atoms with Crippen molar-refractivity contribution in [2.75, 3.05) is 11.9 Å². The molecule has 0 aliphatic heterocycles. The number of hydrogen-bond acceptors (Lipinski definition) is 3. The van der Waals surface area contributed by atoms with E-state index in [9.17, 15) is 27.2 Å². The van der Waals surface area contributed by atoms with E-state index in [1.807, 2.05) is 0 Å². The molecule has 1 unspecified atom stereocenters. The first-order valence-electron chi connectivity index (χ1n) is 10.1. The predicted octanol–water partition coefficient (Wildman–Crippen LogP) is 4.52. The monoisotopic (exact) mass is 432 g/mol. The Morgan fingerprint density at radius 3 is 2.57 bits per heavy atom. The molecule has 1 aromatic rings. The summed E-state index contributed by atoms with van der Waals surface area (Å²) < 4.78 is 54.7. The summed E-state index contributed by atoms with van der Waals surface area (Å²) in [6.07, 6.45) is 2.15. The van der Waals surface area contributed by atoms with E-state index < -0.39 is 30.9 Å². The highest BCUT2D eigenvalue weighted by atomic mass is 19.3. The van der Waals surface area contributed by atoms with Gasteiger partial charge < -0.3 is 15.4 Å². The second kappa shape index (κ2) is 11.3. The van der Waals surface area contributed by atoms with Crippen molar-refractivity contribution >= 4 is 17.5 Å². The number of nitrogens with one attached hydrogen (secondary N) is 2. The Kier molecular flexibility index (Phi) is 9.08. The fraction of sp³-hybridized carbons (Fsp3) is 0.619. The third-order valence-corrected chi connectivity index (χ3v) is 5.05. The maximum Gasteiger partial charge on any atom is 0.330 e. The summed E-state index contributed by atoms with van der Waals surface area (Å²) in [4.78, 5) is 24.5. The van der Waals surface area contributed by atoms with Gasteiger partial charge in [-0.15, -0.1) is 0 Å². The summed E-state index contributed by atoms with van der Waals surface area (Å²) in [5, 5.41) is 5.33. The molecule has 0 heterocycles. The number of carbonyl (C=O) groups excluding carboxylic acids is 2. The van der Waals surface area contributed by atoms with Gasteiger partial charge in [0.2, 0.25) is 11.8 Å². The van der Waals surface area contributed by atoms with Gasteiger partial charge in [0.25, 0.3) is 0 Å². The fourth-order valence-corrected chi connectivity index (χ4v) is 3.38. The van der Waals surface area contributed by atoms with Crippen LogP contribution in [0.15, 0.2) is 24.3 Å². The summed E-state index contributed by atoms with van der Waals surface area (Å²) in [5.74, 6) is -4.43. The molecule has 2 amide bonds. The second-order valence-corrected chi connectivity index (χ2v) is 7.74. The van der Waals surface area contributed by atoms with Gasteiger partial charge in [0.1, 0.15) is 12.6 Å². The molecule has 1 aromatic carbocycles. The van der Waals surface area contributed by atoms with E-state index in [2.05, 4.69) is 15.4 Å². The lowest BCUT2D eigenvalue weighted by Crippen LogP contribution is -2.42. The first-order valence-corrected chi connectivity index (χ1v) is 10.1. The molecule has 0 aromatic heterocycles. The Balaban J connectivity index is 1.79. The van der Waals surface area contributed by atoms with Gasteiger partial charge in [-0.1, -0.05) is 31.4 Å². The quantitative estimate of drug-likeness (QED) is 0.535. The molecule has 2 rings (SSSR count). The summed E-state index contributed by atoms with van der Waals surface area (Å²) in [6, 6.07) is 5.48. The zero-order chi connectivity index (χ0) is 22.1. The molecule has 2 N–H and O–H groups in total. The van der Waals surface area contributed by atoms with Crippen molar-refractivity contribution in [2.45, 2.75) is 70.4 Å². The third-order valence-electron chi connectivity index (χ3n) is 5.05. The molecule has 1 aliphatic carbocycles. The van der Waals surface area contributed by atoms with Crippen molar-refractivity contribution in [3.8, 4) is 0 Å². The molecule has 1 aliphatic rings. The minimum absolute atomic E-state index is 0.161. The highest BCUT2D eigenvalue weighted by molar-refractivity contribution is 5.96. The second-order valence-electron chi connectivity index (χ2n) is 7.74. The van der Waals surface area contributed by atoms with Gasteiger partial charge in [0.15, 0.2) is 0 Å². The molecule has 9 heteroatoms. The predicted molar refractivity (Wildman–Crippen MR) is 104 cm³/mol. The molecule has 5 nitrogen and oxygen atoms in total. The third kappa shape index (κ3) is 7.93. The van der Waals surface area contributed by atoms with Crippen LogP contribution in [0.5, 0.6) is 0 Å². The first-order chi connectivity index (χ1) is 14.2. The number of ether oxygens (including phenoxy) is 1. The van der Waals surface area contributed by atoms with E-state index >= 15 is 0 Å². The molecule has 0 spiro atoms. The molecule has 1 fully saturated rings. The lowest BCUT2D eigenvalue weighted by atomic mass is 9.87. The highest BCUT2D eigenvalue weighted by Crippen LogP contribution is 2.26. The van der Waals surface area contributed by atoms with E-state index in [0.717, 1.165) is 25.7 Å². The minimum Gasteiger partial charge on any atom is -0.370 e. The van der Waals surface area contributed by atoms with Gasteiger partial charge in [-0.25, -0.2) is 8.78 Å². The van der Waals surface area contributed by atoms with Crippen LogP contribution in [0.2, 0.25) is 0 Å². The van der Waals surface area contributed by atoms with Crippen LogP contribution in [0.4, 0.5) is 23.2 Å². The number of alkyl halides is 4. The van der Waals surface area contributed by atoms with Crippen LogP contribution in [0.3, 0.4) is 0 Å². The van der Waals surface area contributed by atoms with Crippen molar-refractivity contribution in [3.63, 3.8) is 0 Å². The van der Waals surface area contributed by atoms with Crippen LogP contribution in [0.25, 0.3) is 0 Å². The molecule has 0 radical (unpaired) electrons. The van der Waals surface area contributed by atoms with E-state index in [0.29, 0.717) is 23.6 Å². The van der Waals surface area contributed by atoms with Crippen LogP contribution < -0.4 is 10.6 Å². The molecule has 0 saturated heterocycles. The van der Waals surface area contributed by atoms with Crippen LogP contribution in [-0.2, 0) is 20.9 Å². The lowest BCUT2D eigenvalue weighted by Gasteiger charge is -2.22. The van der Waals surface area contributed by atoms with Crippen LogP contribution in [0, 0.1) is 5.92 Å². The maximum atomic E-state index is 12.9. The number of rotatable bonds is 10. The summed E-state index contributed by atoms with van der Waals surface area (Å²) in [5.41, 5.74) is 0.821. The Bertz CT molecular complexity index is 709. The average Bonchev–Trinajstić information content (AvgIpc) is 2.68. The molecule has 1 atom stereocenters. The zero-order valence-electron chi connectivity index (χ0n) is 16.9. The minimum atomic E-state index is -4.21. The standard InChI is InChI=1S/C21H28F4N2O3/c1-14(26-18(28)11-15-6-3-2-4-7-15)19(29)27-17-9-5-8-16(10-17)12-30-13-21(24,25)20(22)23/h5,8-10,14-15,20H,2-4,6-7,11-13H2,1H3,(H,26,28)(H,27,29). The number of anilines is 1. The zero-order valence-corrected chi connectivity index (χ0v) is 16.9. The normalized spacial score (nSPS) is 16.3. The number of amides is 2. The van der Waals surface area contributed by atoms with Gasteiger partial charge >= 0.3 is 12.3 Å². The molecule has 168 valence electrons. The number of carbonyl (C=O) groups is 2. The SMILES string of the molecule is CC(NC(=O)CC1CCCCC1)C(=O)Nc1cccc(COCC(F)(F)C(F)F)c1. The number of halogens is 4. The van der Waals surface area contributed by atoms with Crippen LogP contribution in [0.1, 0.15) is 51.0 Å². The van der Waals surface area contributed by atoms with E-state index in [1.165, 1.54) is 12.5 Å². The summed E-state index contributed by atoms with van der Waals surface area (Å²) >= 11 is 0. The summed E-state index contributed by atoms with van der Waals surface area (Å²) in [7, 11) is 0. The number of benzene rings is 1. The van der Waals surface area contributed by atoms with E-state index in [4.69, 9.17) is 0 Å². The van der Waals surface area contributed by atoms with E-state index in [1.54, 1.807) is 25.1 Å². The smallest absolute Gasteiger partial charge is 0.330 e. The van der Waals surface area contributed by atoms with Gasteiger partial charge in [0.05, 0.1) is 6.61 Å². The molecule has 0 bridgehead atoms. The number of hydrogen-bond donors (Lipinski definition) is 2. The molecule has 30 heavy (non-hydrogen) atoms. The maximum absolute atomic E-state index is 12.9. The average molecular weight is 432 g/mol. The Hall–Kier alpha value is -2.16. The van der Waals surface area contributed by atoms with Gasteiger partial charge in [-0.05, 0) is 43.4 Å². The Morgan fingerprint density at radius 1 is 1.20 bits per heavy atom. The van der Waals surface area contributed by atoms with Crippen molar-refractivity contribution in [2.24, 2.45) is 5.92 Å². The lowest BCUT2D eigenvalue weighted by molar-refractivity contribution is -0.168. The van der Waals surface area contributed by atoms with Crippen molar-refractivity contribution < 1.29 is 31.9 Å². The van der Waals surface area contributed by atoms with Gasteiger partial charge in [-0.2, -0.15) is 8.78 Å². The topological polar surface area (TPSA) is 67.4 Å². The molecular formula is C21H28F4N2O3.